The zero-order chi connectivity index (χ0) is 18.1. The van der Waals surface area contributed by atoms with Gasteiger partial charge in [0.05, 0.1) is 9.90 Å². The summed E-state index contributed by atoms with van der Waals surface area (Å²) in [5.74, 6) is 2.23. The average molecular weight is 405 g/mol. The number of pyridine rings is 1. The first kappa shape index (κ1) is 17.2. The highest BCUT2D eigenvalue weighted by atomic mass is 35.5. The summed E-state index contributed by atoms with van der Waals surface area (Å²) in [4.78, 5) is 8.47. The molecule has 0 bridgehead atoms. The van der Waals surface area contributed by atoms with Crippen LogP contribution in [0.2, 0.25) is 4.34 Å². The molecule has 4 rings (SSSR count). The van der Waals surface area contributed by atoms with Crippen molar-refractivity contribution in [1.29, 1.82) is 0 Å². The number of hydrogen-bond donors (Lipinski definition) is 1. The van der Waals surface area contributed by atoms with Gasteiger partial charge in [-0.2, -0.15) is 17.6 Å². The minimum atomic E-state index is -0.468. The predicted molar refractivity (Wildman–Crippen MR) is 102 cm³/mol. The SMILES string of the molecule is CCn1c(-c2ccncc2)nnc1C(S)c1noc(-c2csc(Cl)c2)n1. The number of hydrogen-bond acceptors (Lipinski definition) is 8. The second-order valence-electron chi connectivity index (χ2n) is 5.36. The molecule has 1 atom stereocenters. The molecular formula is C16H13ClN6OS2. The van der Waals surface area contributed by atoms with E-state index >= 15 is 0 Å². The highest BCUT2D eigenvalue weighted by Gasteiger charge is 2.24. The van der Waals surface area contributed by atoms with Crippen LogP contribution in [-0.4, -0.2) is 29.9 Å². The van der Waals surface area contributed by atoms with Gasteiger partial charge in [-0.25, -0.2) is 0 Å². The summed E-state index contributed by atoms with van der Waals surface area (Å²) in [6, 6.07) is 5.56. The molecule has 7 nitrogen and oxygen atoms in total. The fourth-order valence-electron chi connectivity index (χ4n) is 2.54. The zero-order valence-electron chi connectivity index (χ0n) is 13.6. The van der Waals surface area contributed by atoms with Crippen LogP contribution in [-0.2, 0) is 6.54 Å². The number of halogens is 1. The number of rotatable bonds is 5. The molecule has 4 aromatic rings. The maximum Gasteiger partial charge on any atom is 0.258 e. The third-order valence-electron chi connectivity index (χ3n) is 3.78. The van der Waals surface area contributed by atoms with Crippen molar-refractivity contribution in [3.8, 4) is 22.8 Å². The number of thiophene rings is 1. The summed E-state index contributed by atoms with van der Waals surface area (Å²) in [5.41, 5.74) is 1.72. The second kappa shape index (κ2) is 7.18. The van der Waals surface area contributed by atoms with Crippen LogP contribution in [0.5, 0.6) is 0 Å². The van der Waals surface area contributed by atoms with E-state index in [4.69, 9.17) is 16.1 Å². The van der Waals surface area contributed by atoms with Gasteiger partial charge in [-0.15, -0.1) is 21.5 Å². The Balaban J connectivity index is 1.68. The molecule has 10 heteroatoms. The lowest BCUT2D eigenvalue weighted by molar-refractivity contribution is 0.423. The van der Waals surface area contributed by atoms with Crippen LogP contribution in [0, 0.1) is 0 Å². The quantitative estimate of drug-likeness (QED) is 0.503. The molecule has 0 aliphatic heterocycles. The first-order chi connectivity index (χ1) is 12.7. The Morgan fingerprint density at radius 3 is 2.77 bits per heavy atom. The zero-order valence-corrected chi connectivity index (χ0v) is 16.0. The maximum atomic E-state index is 5.96. The van der Waals surface area contributed by atoms with Gasteiger partial charge in [-0.1, -0.05) is 16.8 Å². The first-order valence-electron chi connectivity index (χ1n) is 7.77. The van der Waals surface area contributed by atoms with E-state index in [-0.39, 0.29) is 0 Å². The lowest BCUT2D eigenvalue weighted by Gasteiger charge is -2.10. The highest BCUT2D eigenvalue weighted by molar-refractivity contribution is 7.80. The van der Waals surface area contributed by atoms with Crippen LogP contribution in [0.3, 0.4) is 0 Å². The minimum Gasteiger partial charge on any atom is -0.334 e. The highest BCUT2D eigenvalue weighted by Crippen LogP contribution is 2.31. The fraction of sp³-hybridized carbons (Fsp3) is 0.188. The van der Waals surface area contributed by atoms with Crippen molar-refractivity contribution in [2.24, 2.45) is 0 Å². The second-order valence-corrected chi connectivity index (χ2v) is 7.42. The summed E-state index contributed by atoms with van der Waals surface area (Å²) in [5, 5.41) is 14.0. The molecular weight excluding hydrogens is 392 g/mol. The van der Waals surface area contributed by atoms with E-state index in [0.717, 1.165) is 17.0 Å². The van der Waals surface area contributed by atoms with Crippen molar-refractivity contribution in [3.05, 3.63) is 52.0 Å². The Hall–Kier alpha value is -2.23. The smallest absolute Gasteiger partial charge is 0.258 e. The van der Waals surface area contributed by atoms with Gasteiger partial charge in [0.1, 0.15) is 5.25 Å². The number of thiol groups is 1. The normalized spacial score (nSPS) is 12.4. The molecule has 26 heavy (non-hydrogen) atoms. The van der Waals surface area contributed by atoms with Crippen LogP contribution in [0.4, 0.5) is 0 Å². The van der Waals surface area contributed by atoms with E-state index in [1.165, 1.54) is 11.3 Å². The summed E-state index contributed by atoms with van der Waals surface area (Å²) in [6.07, 6.45) is 3.44. The molecule has 0 amide bonds. The topological polar surface area (TPSA) is 82.5 Å². The Labute approximate surface area is 163 Å². The van der Waals surface area contributed by atoms with E-state index in [0.29, 0.717) is 28.4 Å². The van der Waals surface area contributed by atoms with E-state index in [2.05, 4.69) is 38.0 Å². The molecule has 1 unspecified atom stereocenters. The van der Waals surface area contributed by atoms with Gasteiger partial charge in [-0.3, -0.25) is 4.98 Å². The van der Waals surface area contributed by atoms with Crippen molar-refractivity contribution in [1.82, 2.24) is 29.9 Å². The van der Waals surface area contributed by atoms with Crippen molar-refractivity contribution < 1.29 is 4.52 Å². The van der Waals surface area contributed by atoms with Gasteiger partial charge in [0.15, 0.2) is 17.5 Å². The third kappa shape index (κ3) is 3.13. The fourth-order valence-corrected chi connectivity index (χ4v) is 3.70. The Morgan fingerprint density at radius 1 is 1.27 bits per heavy atom. The summed E-state index contributed by atoms with van der Waals surface area (Å²) < 4.78 is 7.98. The molecule has 0 N–H and O–H groups in total. The van der Waals surface area contributed by atoms with Gasteiger partial charge in [-0.05, 0) is 25.1 Å². The lowest BCUT2D eigenvalue weighted by Crippen LogP contribution is -2.08. The van der Waals surface area contributed by atoms with Gasteiger partial charge < -0.3 is 9.09 Å². The van der Waals surface area contributed by atoms with Crippen LogP contribution in [0.15, 0.2) is 40.5 Å². The van der Waals surface area contributed by atoms with Crippen molar-refractivity contribution in [2.45, 2.75) is 18.7 Å². The van der Waals surface area contributed by atoms with Crippen molar-refractivity contribution >= 4 is 35.6 Å². The molecule has 4 aromatic heterocycles. The van der Waals surface area contributed by atoms with Gasteiger partial charge in [0.2, 0.25) is 0 Å². The summed E-state index contributed by atoms with van der Waals surface area (Å²) >= 11 is 12.0. The molecule has 0 radical (unpaired) electrons. The van der Waals surface area contributed by atoms with Crippen molar-refractivity contribution in [3.63, 3.8) is 0 Å². The molecule has 0 aromatic carbocycles. The Bertz CT molecular complexity index is 1030. The van der Waals surface area contributed by atoms with Gasteiger partial charge >= 0.3 is 0 Å². The number of nitrogens with zero attached hydrogens (tertiary/aromatic N) is 6. The number of aromatic nitrogens is 6. The van der Waals surface area contributed by atoms with Crippen LogP contribution in [0.25, 0.3) is 22.8 Å². The monoisotopic (exact) mass is 404 g/mol. The largest absolute Gasteiger partial charge is 0.334 e. The molecule has 0 saturated carbocycles. The molecule has 132 valence electrons. The summed E-state index contributed by atoms with van der Waals surface area (Å²) in [6.45, 7) is 2.70. The van der Waals surface area contributed by atoms with Gasteiger partial charge in [0.25, 0.3) is 5.89 Å². The Morgan fingerprint density at radius 2 is 2.08 bits per heavy atom. The third-order valence-corrected chi connectivity index (χ3v) is 5.33. The van der Waals surface area contributed by atoms with E-state index in [9.17, 15) is 0 Å². The van der Waals surface area contributed by atoms with E-state index in [1.807, 2.05) is 29.0 Å². The predicted octanol–water partition coefficient (Wildman–Crippen LogP) is 4.14. The van der Waals surface area contributed by atoms with Crippen LogP contribution < -0.4 is 0 Å². The van der Waals surface area contributed by atoms with Crippen molar-refractivity contribution in [2.75, 3.05) is 0 Å². The molecule has 0 spiro atoms. The lowest BCUT2D eigenvalue weighted by atomic mass is 10.2. The van der Waals surface area contributed by atoms with E-state index in [1.54, 1.807) is 18.5 Å². The summed E-state index contributed by atoms with van der Waals surface area (Å²) in [7, 11) is 0. The average Bonchev–Trinajstić information content (AvgIpc) is 3.40. The molecule has 0 saturated heterocycles. The molecule has 0 aliphatic carbocycles. The minimum absolute atomic E-state index is 0.402. The molecule has 0 fully saturated rings. The maximum absolute atomic E-state index is 5.96. The molecule has 0 aliphatic rings. The van der Waals surface area contributed by atoms with Crippen LogP contribution in [0.1, 0.15) is 23.8 Å². The Kier molecular flexibility index (Phi) is 4.75. The molecule has 4 heterocycles. The van der Waals surface area contributed by atoms with Gasteiger partial charge in [0, 0.05) is 29.9 Å². The van der Waals surface area contributed by atoms with E-state index < -0.39 is 5.25 Å². The van der Waals surface area contributed by atoms with Crippen LogP contribution >= 0.6 is 35.6 Å². The standard InChI is InChI=1S/C16H13ClN6OS2/c1-2-23-14(9-3-5-18-6-4-9)20-21-15(23)12(25)13-19-16(24-22-13)10-7-11(17)26-8-10/h3-8,12,25H,2H2,1H3. The first-order valence-corrected chi connectivity index (χ1v) is 9.54.